The third kappa shape index (κ3) is 5.40. The second-order valence-corrected chi connectivity index (χ2v) is 8.54. The van der Waals surface area contributed by atoms with Crippen molar-refractivity contribution in [2.75, 3.05) is 24.7 Å². The lowest BCUT2D eigenvalue weighted by molar-refractivity contribution is 0.0633. The van der Waals surface area contributed by atoms with Crippen LogP contribution >= 0.6 is 0 Å². The standard InChI is InChI=1S/C14H27NO3S/c1-11(2)18-7-5-12(9-15-14-3-4-14)13-6-8-19(16,17)10-13/h11-15H,3-10H2,1-2H3. The molecule has 0 aromatic heterocycles. The van der Waals surface area contributed by atoms with E-state index in [1.807, 2.05) is 13.8 Å². The molecule has 1 saturated carbocycles. The smallest absolute Gasteiger partial charge is 0.150 e. The van der Waals surface area contributed by atoms with Crippen LogP contribution in [0.1, 0.15) is 39.5 Å². The Balaban J connectivity index is 1.81. The van der Waals surface area contributed by atoms with Crippen molar-refractivity contribution >= 4 is 9.84 Å². The van der Waals surface area contributed by atoms with Gasteiger partial charge in [0, 0.05) is 12.6 Å². The molecule has 112 valence electrons. The molecule has 0 aromatic carbocycles. The van der Waals surface area contributed by atoms with Crippen LogP contribution in [0.3, 0.4) is 0 Å². The van der Waals surface area contributed by atoms with Gasteiger partial charge in [0.1, 0.15) is 0 Å². The predicted molar refractivity (Wildman–Crippen MR) is 77.0 cm³/mol. The minimum absolute atomic E-state index is 0.254. The minimum atomic E-state index is -2.77. The molecule has 2 unspecified atom stereocenters. The molecule has 5 heteroatoms. The maximum absolute atomic E-state index is 11.6. The van der Waals surface area contributed by atoms with E-state index in [1.165, 1.54) is 12.8 Å². The number of rotatable bonds is 8. The van der Waals surface area contributed by atoms with Gasteiger partial charge in [-0.05, 0) is 57.9 Å². The Bertz CT molecular complexity index is 376. The summed E-state index contributed by atoms with van der Waals surface area (Å²) in [4.78, 5) is 0. The molecule has 2 fully saturated rings. The first kappa shape index (κ1) is 15.3. The highest BCUT2D eigenvalue weighted by Crippen LogP contribution is 2.29. The highest BCUT2D eigenvalue weighted by Gasteiger charge is 2.34. The van der Waals surface area contributed by atoms with E-state index in [0.29, 0.717) is 29.4 Å². The number of hydrogen-bond donors (Lipinski definition) is 1. The van der Waals surface area contributed by atoms with Crippen molar-refractivity contribution < 1.29 is 13.2 Å². The Kier molecular flexibility index (Phi) is 5.26. The average molecular weight is 289 g/mol. The number of nitrogens with one attached hydrogen (secondary N) is 1. The van der Waals surface area contributed by atoms with Crippen molar-refractivity contribution in [1.82, 2.24) is 5.32 Å². The van der Waals surface area contributed by atoms with Gasteiger partial charge in [0.2, 0.25) is 0 Å². The van der Waals surface area contributed by atoms with Crippen LogP contribution < -0.4 is 5.32 Å². The zero-order chi connectivity index (χ0) is 13.9. The molecule has 0 spiro atoms. The molecule has 2 atom stereocenters. The van der Waals surface area contributed by atoms with Crippen LogP contribution in [-0.4, -0.2) is 45.2 Å². The highest BCUT2D eigenvalue weighted by atomic mass is 32.2. The van der Waals surface area contributed by atoms with Crippen LogP contribution in [0.2, 0.25) is 0 Å². The molecule has 19 heavy (non-hydrogen) atoms. The molecule has 1 N–H and O–H groups in total. The lowest BCUT2D eigenvalue weighted by Crippen LogP contribution is -2.31. The number of hydrogen-bond acceptors (Lipinski definition) is 4. The van der Waals surface area contributed by atoms with Gasteiger partial charge in [-0.1, -0.05) is 0 Å². The van der Waals surface area contributed by atoms with Crippen LogP contribution in [-0.2, 0) is 14.6 Å². The van der Waals surface area contributed by atoms with Crippen molar-refractivity contribution in [2.24, 2.45) is 11.8 Å². The van der Waals surface area contributed by atoms with Gasteiger partial charge in [0.05, 0.1) is 17.6 Å². The van der Waals surface area contributed by atoms with Crippen LogP contribution in [0.4, 0.5) is 0 Å². The van der Waals surface area contributed by atoms with Gasteiger partial charge in [-0.15, -0.1) is 0 Å². The van der Waals surface area contributed by atoms with Gasteiger partial charge in [-0.25, -0.2) is 8.42 Å². The summed E-state index contributed by atoms with van der Waals surface area (Å²) < 4.78 is 28.9. The summed E-state index contributed by atoms with van der Waals surface area (Å²) in [5.41, 5.74) is 0. The van der Waals surface area contributed by atoms with Crippen LogP contribution in [0.5, 0.6) is 0 Å². The molecule has 1 saturated heterocycles. The largest absolute Gasteiger partial charge is 0.379 e. The molecule has 2 aliphatic rings. The first-order valence-corrected chi connectivity index (χ1v) is 9.34. The Morgan fingerprint density at radius 1 is 1.26 bits per heavy atom. The van der Waals surface area contributed by atoms with Crippen LogP contribution in [0.15, 0.2) is 0 Å². The van der Waals surface area contributed by atoms with E-state index in [9.17, 15) is 8.42 Å². The Morgan fingerprint density at radius 3 is 2.53 bits per heavy atom. The van der Waals surface area contributed by atoms with Gasteiger partial charge in [-0.2, -0.15) is 0 Å². The number of sulfone groups is 1. The fourth-order valence-electron chi connectivity index (χ4n) is 2.76. The summed E-state index contributed by atoms with van der Waals surface area (Å²) in [6, 6.07) is 0.687. The van der Waals surface area contributed by atoms with Gasteiger partial charge in [-0.3, -0.25) is 0 Å². The van der Waals surface area contributed by atoms with Gasteiger partial charge < -0.3 is 10.1 Å². The molecular weight excluding hydrogens is 262 g/mol. The van der Waals surface area contributed by atoms with E-state index in [0.717, 1.165) is 26.0 Å². The first-order valence-electron chi connectivity index (χ1n) is 7.51. The Hall–Kier alpha value is -0.130. The molecule has 1 heterocycles. The second kappa shape index (κ2) is 6.55. The minimum Gasteiger partial charge on any atom is -0.379 e. The Morgan fingerprint density at radius 2 is 2.00 bits per heavy atom. The molecule has 0 bridgehead atoms. The summed E-state index contributed by atoms with van der Waals surface area (Å²) >= 11 is 0. The van der Waals surface area contributed by atoms with Gasteiger partial charge in [0.15, 0.2) is 9.84 Å². The average Bonchev–Trinajstić information content (AvgIpc) is 3.06. The molecule has 1 aliphatic heterocycles. The van der Waals surface area contributed by atoms with Crippen molar-refractivity contribution in [3.8, 4) is 0 Å². The quantitative estimate of drug-likeness (QED) is 0.737. The molecule has 1 aliphatic carbocycles. The zero-order valence-corrected chi connectivity index (χ0v) is 12.9. The summed E-state index contributed by atoms with van der Waals surface area (Å²) in [6.07, 6.45) is 4.61. The molecule has 0 aromatic rings. The zero-order valence-electron chi connectivity index (χ0n) is 12.1. The van der Waals surface area contributed by atoms with E-state index in [1.54, 1.807) is 0 Å². The molecule has 0 amide bonds. The van der Waals surface area contributed by atoms with E-state index in [-0.39, 0.29) is 6.10 Å². The predicted octanol–water partition coefficient (Wildman–Crippen LogP) is 1.60. The van der Waals surface area contributed by atoms with Crippen LogP contribution in [0.25, 0.3) is 0 Å². The topological polar surface area (TPSA) is 55.4 Å². The lowest BCUT2D eigenvalue weighted by atomic mass is 9.89. The lowest BCUT2D eigenvalue weighted by Gasteiger charge is -2.23. The van der Waals surface area contributed by atoms with Gasteiger partial charge in [0.25, 0.3) is 0 Å². The van der Waals surface area contributed by atoms with E-state index >= 15 is 0 Å². The third-order valence-electron chi connectivity index (χ3n) is 4.12. The number of ether oxygens (including phenoxy) is 1. The highest BCUT2D eigenvalue weighted by molar-refractivity contribution is 7.91. The van der Waals surface area contributed by atoms with E-state index < -0.39 is 9.84 Å². The summed E-state index contributed by atoms with van der Waals surface area (Å²) in [5.74, 6) is 1.53. The molecule has 2 rings (SSSR count). The molecule has 0 radical (unpaired) electrons. The van der Waals surface area contributed by atoms with Gasteiger partial charge >= 0.3 is 0 Å². The Labute approximate surface area is 117 Å². The fraction of sp³-hybridized carbons (Fsp3) is 1.00. The maximum atomic E-state index is 11.6. The summed E-state index contributed by atoms with van der Waals surface area (Å²) in [6.45, 7) is 5.77. The second-order valence-electron chi connectivity index (χ2n) is 6.31. The molecular formula is C14H27NO3S. The van der Waals surface area contributed by atoms with E-state index in [4.69, 9.17) is 4.74 Å². The first-order chi connectivity index (χ1) is 8.96. The SMILES string of the molecule is CC(C)OCCC(CNC1CC1)C1CCS(=O)(=O)C1. The van der Waals surface area contributed by atoms with Crippen molar-refractivity contribution in [3.05, 3.63) is 0 Å². The molecule has 4 nitrogen and oxygen atoms in total. The van der Waals surface area contributed by atoms with Crippen molar-refractivity contribution in [1.29, 1.82) is 0 Å². The third-order valence-corrected chi connectivity index (χ3v) is 5.91. The van der Waals surface area contributed by atoms with Crippen molar-refractivity contribution in [3.63, 3.8) is 0 Å². The van der Waals surface area contributed by atoms with E-state index in [2.05, 4.69) is 5.32 Å². The van der Waals surface area contributed by atoms with Crippen LogP contribution in [0, 0.1) is 11.8 Å². The summed E-state index contributed by atoms with van der Waals surface area (Å²) in [5, 5.41) is 3.55. The monoisotopic (exact) mass is 289 g/mol. The fourth-order valence-corrected chi connectivity index (χ4v) is 4.68. The maximum Gasteiger partial charge on any atom is 0.150 e. The van der Waals surface area contributed by atoms with Crippen molar-refractivity contribution in [2.45, 2.75) is 51.7 Å². The normalized spacial score (nSPS) is 27.8. The summed E-state index contributed by atoms with van der Waals surface area (Å²) in [7, 11) is -2.77.